The molecular weight excluding hydrogens is 170 g/mol. The van der Waals surface area contributed by atoms with Crippen molar-refractivity contribution in [3.8, 4) is 0 Å². The molecule has 0 spiro atoms. The number of hydrogen-bond acceptors (Lipinski definition) is 4. The molecule has 3 nitrogen and oxygen atoms in total. The van der Waals surface area contributed by atoms with E-state index in [4.69, 9.17) is 5.73 Å². The normalized spacial score (nSPS) is 10.2. The van der Waals surface area contributed by atoms with E-state index in [-0.39, 0.29) is 0 Å². The van der Waals surface area contributed by atoms with E-state index in [1.807, 2.05) is 6.92 Å². The fraction of sp³-hybridized carbons (Fsp3) is 0.625. The van der Waals surface area contributed by atoms with Crippen LogP contribution in [0.25, 0.3) is 0 Å². The zero-order chi connectivity index (χ0) is 8.97. The molecule has 4 heteroatoms. The molecule has 0 aliphatic carbocycles. The predicted molar refractivity (Wildman–Crippen MR) is 53.8 cm³/mol. The molecule has 2 N–H and O–H groups in total. The van der Waals surface area contributed by atoms with Crippen molar-refractivity contribution in [3.63, 3.8) is 0 Å². The minimum absolute atomic E-state index is 0.687. The summed E-state index contributed by atoms with van der Waals surface area (Å²) in [5, 5.41) is 3.15. The average molecular weight is 185 g/mol. The number of hydrogen-bond donors (Lipinski definition) is 1. The first kappa shape index (κ1) is 9.48. The van der Waals surface area contributed by atoms with Crippen molar-refractivity contribution in [3.05, 3.63) is 11.1 Å². The second-order valence-electron chi connectivity index (χ2n) is 2.64. The summed E-state index contributed by atoms with van der Waals surface area (Å²) in [4.78, 5) is 6.58. The highest BCUT2D eigenvalue weighted by atomic mass is 32.1. The highest BCUT2D eigenvalue weighted by Gasteiger charge is 2.05. The maximum atomic E-state index is 5.48. The van der Waals surface area contributed by atoms with Crippen LogP contribution >= 0.6 is 11.3 Å². The van der Waals surface area contributed by atoms with E-state index in [2.05, 4.69) is 22.2 Å². The summed E-state index contributed by atoms with van der Waals surface area (Å²) in [6.45, 7) is 6.68. The Morgan fingerprint density at radius 3 is 2.83 bits per heavy atom. The van der Waals surface area contributed by atoms with Crippen molar-refractivity contribution in [2.75, 3.05) is 24.5 Å². The van der Waals surface area contributed by atoms with Gasteiger partial charge >= 0.3 is 0 Å². The van der Waals surface area contributed by atoms with Gasteiger partial charge in [0.05, 0.1) is 5.69 Å². The summed E-state index contributed by atoms with van der Waals surface area (Å²) in [5.41, 5.74) is 6.57. The van der Waals surface area contributed by atoms with Crippen molar-refractivity contribution in [1.82, 2.24) is 4.98 Å². The van der Waals surface area contributed by atoms with E-state index in [0.29, 0.717) is 6.54 Å². The van der Waals surface area contributed by atoms with Crippen molar-refractivity contribution in [2.45, 2.75) is 13.8 Å². The quantitative estimate of drug-likeness (QED) is 0.767. The third kappa shape index (κ3) is 2.19. The van der Waals surface area contributed by atoms with Crippen molar-refractivity contribution >= 4 is 16.5 Å². The number of nitrogens with zero attached hydrogens (tertiary/aromatic N) is 2. The van der Waals surface area contributed by atoms with Gasteiger partial charge in [-0.15, -0.1) is 11.3 Å². The summed E-state index contributed by atoms with van der Waals surface area (Å²) in [5.74, 6) is 0. The van der Waals surface area contributed by atoms with Gasteiger partial charge in [0.1, 0.15) is 0 Å². The van der Waals surface area contributed by atoms with Gasteiger partial charge in [-0.05, 0) is 13.8 Å². The molecule has 1 aromatic rings. The molecule has 0 fully saturated rings. The lowest BCUT2D eigenvalue weighted by atomic mass is 10.5. The maximum Gasteiger partial charge on any atom is 0.185 e. The number of aryl methyl sites for hydroxylation is 1. The zero-order valence-corrected chi connectivity index (χ0v) is 8.40. The molecule has 0 aliphatic heterocycles. The lowest BCUT2D eigenvalue weighted by Gasteiger charge is -2.17. The Labute approximate surface area is 77.2 Å². The standard InChI is InChI=1S/C8H15N3S/c1-3-11(5-4-9)8-10-7(2)6-12-8/h6H,3-5,9H2,1-2H3. The molecule has 12 heavy (non-hydrogen) atoms. The number of rotatable bonds is 4. The van der Waals surface area contributed by atoms with E-state index in [1.165, 1.54) is 0 Å². The third-order valence-electron chi connectivity index (χ3n) is 1.66. The smallest absolute Gasteiger partial charge is 0.185 e. The molecule has 0 aromatic carbocycles. The molecule has 0 atom stereocenters. The molecule has 1 aromatic heterocycles. The second-order valence-corrected chi connectivity index (χ2v) is 3.48. The van der Waals surface area contributed by atoms with Crippen LogP contribution in [0.3, 0.4) is 0 Å². The fourth-order valence-corrected chi connectivity index (χ4v) is 1.93. The Morgan fingerprint density at radius 2 is 2.42 bits per heavy atom. The predicted octanol–water partition coefficient (Wildman–Crippen LogP) is 1.24. The number of nitrogens with two attached hydrogens (primary N) is 1. The number of anilines is 1. The van der Waals surface area contributed by atoms with Crippen molar-refractivity contribution in [2.24, 2.45) is 5.73 Å². The summed E-state index contributed by atoms with van der Waals surface area (Å²) in [7, 11) is 0. The highest BCUT2D eigenvalue weighted by molar-refractivity contribution is 7.13. The van der Waals surface area contributed by atoms with Crippen molar-refractivity contribution in [1.29, 1.82) is 0 Å². The first-order chi connectivity index (χ1) is 5.77. The van der Waals surface area contributed by atoms with Crippen LogP contribution in [-0.4, -0.2) is 24.6 Å². The van der Waals surface area contributed by atoms with Crippen LogP contribution in [0.4, 0.5) is 5.13 Å². The van der Waals surface area contributed by atoms with E-state index in [1.54, 1.807) is 11.3 Å². The van der Waals surface area contributed by atoms with Crippen LogP contribution in [0.5, 0.6) is 0 Å². The fourth-order valence-electron chi connectivity index (χ4n) is 1.03. The molecule has 68 valence electrons. The number of thiazole rings is 1. The van der Waals surface area contributed by atoms with Gasteiger partial charge in [-0.1, -0.05) is 0 Å². The van der Waals surface area contributed by atoms with Crippen molar-refractivity contribution < 1.29 is 0 Å². The largest absolute Gasteiger partial charge is 0.347 e. The van der Waals surface area contributed by atoms with Gasteiger partial charge in [-0.2, -0.15) is 0 Å². The topological polar surface area (TPSA) is 42.1 Å². The van der Waals surface area contributed by atoms with E-state index < -0.39 is 0 Å². The SMILES string of the molecule is CCN(CCN)c1nc(C)cs1. The molecule has 1 rings (SSSR count). The zero-order valence-electron chi connectivity index (χ0n) is 7.58. The minimum Gasteiger partial charge on any atom is -0.347 e. The summed E-state index contributed by atoms with van der Waals surface area (Å²) >= 11 is 1.68. The van der Waals surface area contributed by atoms with Crippen LogP contribution < -0.4 is 10.6 Å². The first-order valence-corrected chi connectivity index (χ1v) is 5.03. The van der Waals surface area contributed by atoms with Gasteiger partial charge < -0.3 is 10.6 Å². The van der Waals surface area contributed by atoms with Gasteiger partial charge in [0, 0.05) is 25.0 Å². The van der Waals surface area contributed by atoms with Crippen LogP contribution in [0.2, 0.25) is 0 Å². The molecule has 0 amide bonds. The Balaban J connectivity index is 2.66. The Bertz CT molecular complexity index is 234. The van der Waals surface area contributed by atoms with Gasteiger partial charge in [-0.25, -0.2) is 4.98 Å². The van der Waals surface area contributed by atoms with Crippen LogP contribution in [0, 0.1) is 6.92 Å². The minimum atomic E-state index is 0.687. The van der Waals surface area contributed by atoms with Crippen LogP contribution in [0.15, 0.2) is 5.38 Å². The van der Waals surface area contributed by atoms with E-state index >= 15 is 0 Å². The second kappa shape index (κ2) is 4.42. The highest BCUT2D eigenvalue weighted by Crippen LogP contribution is 2.18. The third-order valence-corrected chi connectivity index (χ3v) is 2.68. The average Bonchev–Trinajstić information content (AvgIpc) is 2.47. The number of aromatic nitrogens is 1. The molecular formula is C8H15N3S. The molecule has 0 aliphatic rings. The van der Waals surface area contributed by atoms with Gasteiger partial charge in [-0.3, -0.25) is 0 Å². The lowest BCUT2D eigenvalue weighted by molar-refractivity contribution is 0.811. The Morgan fingerprint density at radius 1 is 1.67 bits per heavy atom. The van der Waals surface area contributed by atoms with Crippen LogP contribution in [0.1, 0.15) is 12.6 Å². The monoisotopic (exact) mass is 185 g/mol. The molecule has 0 unspecified atom stereocenters. The van der Waals surface area contributed by atoms with Gasteiger partial charge in [0.15, 0.2) is 5.13 Å². The van der Waals surface area contributed by atoms with Crippen LogP contribution in [-0.2, 0) is 0 Å². The maximum absolute atomic E-state index is 5.48. The Kier molecular flexibility index (Phi) is 3.49. The molecule has 0 saturated heterocycles. The molecule has 0 radical (unpaired) electrons. The summed E-state index contributed by atoms with van der Waals surface area (Å²) < 4.78 is 0. The molecule has 1 heterocycles. The Hall–Kier alpha value is -0.610. The summed E-state index contributed by atoms with van der Waals surface area (Å²) in [6.07, 6.45) is 0. The van der Waals surface area contributed by atoms with Gasteiger partial charge in [0.2, 0.25) is 0 Å². The molecule has 0 saturated carbocycles. The van der Waals surface area contributed by atoms with E-state index in [9.17, 15) is 0 Å². The van der Waals surface area contributed by atoms with E-state index in [0.717, 1.165) is 23.9 Å². The summed E-state index contributed by atoms with van der Waals surface area (Å²) in [6, 6.07) is 0. The molecule has 0 bridgehead atoms. The first-order valence-electron chi connectivity index (χ1n) is 4.15. The van der Waals surface area contributed by atoms with Gasteiger partial charge in [0.25, 0.3) is 0 Å². The number of likely N-dealkylation sites (N-methyl/N-ethyl adjacent to an activating group) is 1. The lowest BCUT2D eigenvalue weighted by Crippen LogP contribution is -2.28.